The molecule has 4 aromatic rings. The van der Waals surface area contributed by atoms with Crippen molar-refractivity contribution in [1.29, 1.82) is 0 Å². The zero-order chi connectivity index (χ0) is 27.5. The van der Waals surface area contributed by atoms with Crippen LogP contribution in [-0.4, -0.2) is 22.3 Å². The Morgan fingerprint density at radius 1 is 0.590 bits per heavy atom. The Morgan fingerprint density at radius 2 is 0.949 bits per heavy atom. The van der Waals surface area contributed by atoms with Gasteiger partial charge in [-0.15, -0.1) is 11.8 Å². The summed E-state index contributed by atoms with van der Waals surface area (Å²) >= 11 is 1.30. The van der Waals surface area contributed by atoms with Crippen LogP contribution >= 0.6 is 11.8 Å². The van der Waals surface area contributed by atoms with E-state index in [1.54, 1.807) is 38.1 Å². The molecule has 0 heterocycles. The Bertz CT molecular complexity index is 1230. The molecule has 0 unspecified atom stereocenters. The summed E-state index contributed by atoms with van der Waals surface area (Å²) in [5, 5.41) is 4.97. The lowest BCUT2D eigenvalue weighted by Crippen LogP contribution is -2.29. The second kappa shape index (κ2) is 14.1. The van der Waals surface area contributed by atoms with Crippen molar-refractivity contribution in [2.24, 2.45) is 0 Å². The van der Waals surface area contributed by atoms with Crippen molar-refractivity contribution in [3.8, 4) is 11.5 Å². The van der Waals surface area contributed by atoms with Crippen LogP contribution in [0.4, 0.5) is 11.4 Å². The van der Waals surface area contributed by atoms with Crippen LogP contribution in [0.25, 0.3) is 0 Å². The number of rotatable bonds is 12. The minimum absolute atomic E-state index is 0.169. The second-order valence-electron chi connectivity index (χ2n) is 9.00. The fourth-order valence-electron chi connectivity index (χ4n) is 3.67. The monoisotopic (exact) mass is 540 g/mol. The summed E-state index contributed by atoms with van der Waals surface area (Å²) in [5.74, 6) is 1.11. The summed E-state index contributed by atoms with van der Waals surface area (Å²) in [4.78, 5) is 25.4. The number of benzene rings is 4. The maximum Gasteiger partial charge on any atom is 0.237 e. The van der Waals surface area contributed by atoms with Gasteiger partial charge in [0.05, 0.1) is 10.5 Å². The SMILES string of the molecule is C[C@H](S[C@H](C)C(=O)Nc1ccc(OCc2ccccc2)cc1)C(=O)Nc1ccc(OCc2ccccc2)cc1. The van der Waals surface area contributed by atoms with Crippen LogP contribution in [0.1, 0.15) is 25.0 Å². The predicted molar refractivity (Wildman–Crippen MR) is 158 cm³/mol. The molecule has 39 heavy (non-hydrogen) atoms. The highest BCUT2D eigenvalue weighted by Gasteiger charge is 2.22. The lowest BCUT2D eigenvalue weighted by Gasteiger charge is -2.17. The van der Waals surface area contributed by atoms with E-state index in [4.69, 9.17) is 9.47 Å². The van der Waals surface area contributed by atoms with E-state index in [0.717, 1.165) is 22.6 Å². The summed E-state index contributed by atoms with van der Waals surface area (Å²) in [6.07, 6.45) is 0. The molecule has 4 rings (SSSR count). The first-order valence-electron chi connectivity index (χ1n) is 12.8. The number of thioether (sulfide) groups is 1. The highest BCUT2D eigenvalue weighted by molar-refractivity contribution is 8.01. The van der Waals surface area contributed by atoms with Crippen LogP contribution in [0.3, 0.4) is 0 Å². The van der Waals surface area contributed by atoms with Gasteiger partial charge in [-0.1, -0.05) is 60.7 Å². The van der Waals surface area contributed by atoms with Crippen LogP contribution in [-0.2, 0) is 22.8 Å². The van der Waals surface area contributed by atoms with Crippen molar-refractivity contribution in [1.82, 2.24) is 0 Å². The molecule has 7 heteroatoms. The van der Waals surface area contributed by atoms with E-state index in [9.17, 15) is 9.59 Å². The molecule has 200 valence electrons. The largest absolute Gasteiger partial charge is 0.489 e. The lowest BCUT2D eigenvalue weighted by atomic mass is 10.2. The molecule has 4 aromatic carbocycles. The molecule has 0 saturated carbocycles. The van der Waals surface area contributed by atoms with Crippen LogP contribution in [0, 0.1) is 0 Å². The topological polar surface area (TPSA) is 76.7 Å². The van der Waals surface area contributed by atoms with Gasteiger partial charge in [-0.3, -0.25) is 9.59 Å². The number of carbonyl (C=O) groups is 2. The Balaban J connectivity index is 1.19. The van der Waals surface area contributed by atoms with Gasteiger partial charge < -0.3 is 20.1 Å². The van der Waals surface area contributed by atoms with Gasteiger partial charge in [0.1, 0.15) is 24.7 Å². The van der Waals surface area contributed by atoms with E-state index in [2.05, 4.69) is 10.6 Å². The molecule has 0 spiro atoms. The fraction of sp³-hybridized carbons (Fsp3) is 0.188. The van der Waals surface area contributed by atoms with Crippen molar-refractivity contribution < 1.29 is 19.1 Å². The fourth-order valence-corrected chi connectivity index (χ4v) is 4.65. The van der Waals surface area contributed by atoms with Crippen LogP contribution in [0.15, 0.2) is 109 Å². The van der Waals surface area contributed by atoms with Gasteiger partial charge in [-0.05, 0) is 73.5 Å². The molecule has 2 amide bonds. The van der Waals surface area contributed by atoms with Crippen LogP contribution in [0.5, 0.6) is 11.5 Å². The summed E-state index contributed by atoms with van der Waals surface area (Å²) in [7, 11) is 0. The van der Waals surface area contributed by atoms with E-state index in [1.165, 1.54) is 11.8 Å². The van der Waals surface area contributed by atoms with Crippen LogP contribution < -0.4 is 20.1 Å². The number of hydrogen-bond donors (Lipinski definition) is 2. The third-order valence-corrected chi connectivity index (χ3v) is 7.13. The molecule has 0 aliphatic carbocycles. The van der Waals surface area contributed by atoms with Crippen LogP contribution in [0.2, 0.25) is 0 Å². The minimum Gasteiger partial charge on any atom is -0.489 e. The molecule has 0 aliphatic rings. The zero-order valence-corrected chi connectivity index (χ0v) is 22.8. The quantitative estimate of drug-likeness (QED) is 0.204. The van der Waals surface area contributed by atoms with E-state index in [0.29, 0.717) is 24.6 Å². The van der Waals surface area contributed by atoms with Crippen molar-refractivity contribution in [3.63, 3.8) is 0 Å². The Labute approximate surface area is 233 Å². The van der Waals surface area contributed by atoms with Gasteiger partial charge in [0, 0.05) is 11.4 Å². The molecule has 0 radical (unpaired) electrons. The highest BCUT2D eigenvalue weighted by atomic mass is 32.2. The maximum atomic E-state index is 12.7. The van der Waals surface area contributed by atoms with E-state index < -0.39 is 10.5 Å². The van der Waals surface area contributed by atoms with Gasteiger partial charge in [-0.2, -0.15) is 0 Å². The molecule has 0 bridgehead atoms. The number of amides is 2. The Hall–Kier alpha value is -4.23. The third kappa shape index (κ3) is 8.93. The Kier molecular flexibility index (Phi) is 10.0. The zero-order valence-electron chi connectivity index (χ0n) is 22.0. The average Bonchev–Trinajstić information content (AvgIpc) is 2.97. The number of hydrogen-bond acceptors (Lipinski definition) is 5. The summed E-state index contributed by atoms with van der Waals surface area (Å²) in [5.41, 5.74) is 3.52. The van der Waals surface area contributed by atoms with Gasteiger partial charge in [-0.25, -0.2) is 0 Å². The first-order valence-corrected chi connectivity index (χ1v) is 13.7. The Morgan fingerprint density at radius 3 is 1.31 bits per heavy atom. The van der Waals surface area contributed by atoms with E-state index >= 15 is 0 Å². The number of anilines is 2. The molecule has 0 aliphatic heterocycles. The highest BCUT2D eigenvalue weighted by Crippen LogP contribution is 2.23. The standard InChI is InChI=1S/C32H32N2O4S/c1-23(31(35)33-27-13-17-29(18-14-27)37-21-25-9-5-3-6-10-25)39-24(2)32(36)34-28-15-19-30(20-16-28)38-22-26-11-7-4-8-12-26/h3-20,23-24H,21-22H2,1-2H3,(H,33,35)(H,34,36)/t23-,24+. The van der Waals surface area contributed by atoms with Crippen molar-refractivity contribution in [2.45, 2.75) is 37.6 Å². The molecule has 2 atom stereocenters. The molecular weight excluding hydrogens is 508 g/mol. The maximum absolute atomic E-state index is 12.7. The lowest BCUT2D eigenvalue weighted by molar-refractivity contribution is -0.115. The van der Waals surface area contributed by atoms with E-state index in [-0.39, 0.29) is 11.8 Å². The number of ether oxygens (including phenoxy) is 2. The summed E-state index contributed by atoms with van der Waals surface area (Å²) in [6, 6.07) is 34.4. The first-order chi connectivity index (χ1) is 19.0. The normalized spacial score (nSPS) is 12.2. The van der Waals surface area contributed by atoms with Gasteiger partial charge in [0.25, 0.3) is 0 Å². The van der Waals surface area contributed by atoms with Crippen molar-refractivity contribution in [2.75, 3.05) is 10.6 Å². The average molecular weight is 541 g/mol. The number of carbonyl (C=O) groups excluding carboxylic acids is 2. The molecule has 0 aromatic heterocycles. The van der Waals surface area contributed by atoms with Crippen molar-refractivity contribution in [3.05, 3.63) is 120 Å². The molecule has 2 N–H and O–H groups in total. The number of nitrogens with one attached hydrogen (secondary N) is 2. The van der Waals surface area contributed by atoms with Gasteiger partial charge in [0.15, 0.2) is 0 Å². The summed E-state index contributed by atoms with van der Waals surface area (Å²) in [6.45, 7) is 4.54. The van der Waals surface area contributed by atoms with Crippen molar-refractivity contribution >= 4 is 35.0 Å². The summed E-state index contributed by atoms with van der Waals surface area (Å²) < 4.78 is 11.6. The molecule has 0 fully saturated rings. The molecule has 6 nitrogen and oxygen atoms in total. The first kappa shape index (κ1) is 27.8. The van der Waals surface area contributed by atoms with Gasteiger partial charge in [0.2, 0.25) is 11.8 Å². The smallest absolute Gasteiger partial charge is 0.237 e. The predicted octanol–water partition coefficient (Wildman–Crippen LogP) is 6.93. The minimum atomic E-state index is -0.423. The third-order valence-electron chi connectivity index (χ3n) is 5.89. The molecular formula is C32H32N2O4S. The van der Waals surface area contributed by atoms with E-state index in [1.807, 2.05) is 84.9 Å². The molecule has 0 saturated heterocycles. The second-order valence-corrected chi connectivity index (χ2v) is 10.7. The van der Waals surface area contributed by atoms with Gasteiger partial charge >= 0.3 is 0 Å².